The highest BCUT2D eigenvalue weighted by molar-refractivity contribution is 5.09. The van der Waals surface area contributed by atoms with Crippen LogP contribution in [0.5, 0.6) is 0 Å². The third kappa shape index (κ3) is 3.30. The first-order chi connectivity index (χ1) is 9.23. The summed E-state index contributed by atoms with van der Waals surface area (Å²) >= 11 is 0. The highest BCUT2D eigenvalue weighted by atomic mass is 16.5. The Morgan fingerprint density at radius 2 is 2.05 bits per heavy atom. The average molecular weight is 271 g/mol. The molecule has 0 heterocycles. The maximum absolute atomic E-state index is 9.75. The maximum atomic E-state index is 9.75. The van der Waals surface area contributed by atoms with Crippen molar-refractivity contribution in [3.63, 3.8) is 0 Å². The van der Waals surface area contributed by atoms with Gasteiger partial charge in [0.25, 0.3) is 0 Å². The first kappa shape index (κ1) is 15.2. The normalized spacial score (nSPS) is 31.1. The fraction of sp³-hybridized carbons (Fsp3) is 1.00. The van der Waals surface area contributed by atoms with Gasteiger partial charge in [0.15, 0.2) is 0 Å². The molecule has 0 amide bonds. The van der Waals surface area contributed by atoms with Crippen LogP contribution in [0.25, 0.3) is 0 Å². The highest BCUT2D eigenvalue weighted by Gasteiger charge is 2.55. The average Bonchev–Trinajstić information content (AvgIpc) is 2.43. The maximum Gasteiger partial charge on any atom is 0.0897 e. The van der Waals surface area contributed by atoms with E-state index in [0.717, 1.165) is 13.0 Å². The zero-order valence-corrected chi connectivity index (χ0v) is 12.4. The van der Waals surface area contributed by atoms with Crippen LogP contribution in [-0.2, 0) is 9.47 Å². The van der Waals surface area contributed by atoms with E-state index >= 15 is 0 Å². The molecule has 1 spiro atoms. The van der Waals surface area contributed by atoms with Gasteiger partial charge in [0, 0.05) is 31.7 Å². The standard InChI is InChI=1S/C15H29NO3/c1-3-19-14-9-13(16-10-12(17)11-18-2)15(14)7-5-4-6-8-15/h12-14,16-17H,3-11H2,1-2H3/t12-,13+,14-/m0/s1. The van der Waals surface area contributed by atoms with Crippen LogP contribution in [0.3, 0.4) is 0 Å². The predicted molar refractivity (Wildman–Crippen MR) is 75.2 cm³/mol. The van der Waals surface area contributed by atoms with Crippen LogP contribution in [0.4, 0.5) is 0 Å². The molecule has 4 nitrogen and oxygen atoms in total. The molecule has 0 bridgehead atoms. The number of methoxy groups -OCH3 is 1. The van der Waals surface area contributed by atoms with E-state index < -0.39 is 6.10 Å². The molecule has 112 valence electrons. The fourth-order valence-electron chi connectivity index (χ4n) is 3.88. The number of ether oxygens (including phenoxy) is 2. The molecule has 19 heavy (non-hydrogen) atoms. The topological polar surface area (TPSA) is 50.7 Å². The van der Waals surface area contributed by atoms with Gasteiger partial charge in [-0.15, -0.1) is 0 Å². The van der Waals surface area contributed by atoms with Crippen LogP contribution in [0.2, 0.25) is 0 Å². The van der Waals surface area contributed by atoms with Gasteiger partial charge in [-0.25, -0.2) is 0 Å². The van der Waals surface area contributed by atoms with E-state index in [1.807, 2.05) is 0 Å². The number of nitrogens with one attached hydrogen (secondary N) is 1. The molecular formula is C15H29NO3. The van der Waals surface area contributed by atoms with Gasteiger partial charge in [0.05, 0.1) is 18.8 Å². The lowest BCUT2D eigenvalue weighted by atomic mass is 9.55. The number of aliphatic hydroxyl groups is 1. The summed E-state index contributed by atoms with van der Waals surface area (Å²) in [6.45, 7) is 3.92. The Bertz CT molecular complexity index is 266. The fourth-order valence-corrected chi connectivity index (χ4v) is 3.88. The van der Waals surface area contributed by atoms with Crippen molar-refractivity contribution in [1.82, 2.24) is 5.32 Å². The Morgan fingerprint density at radius 3 is 2.68 bits per heavy atom. The van der Waals surface area contributed by atoms with Crippen LogP contribution in [0.1, 0.15) is 45.4 Å². The van der Waals surface area contributed by atoms with Gasteiger partial charge in [-0.3, -0.25) is 0 Å². The lowest BCUT2D eigenvalue weighted by Gasteiger charge is -2.58. The third-order valence-corrected chi connectivity index (χ3v) is 4.90. The van der Waals surface area contributed by atoms with Gasteiger partial charge in [-0.05, 0) is 26.2 Å². The summed E-state index contributed by atoms with van der Waals surface area (Å²) in [6.07, 6.45) is 7.66. The van der Waals surface area contributed by atoms with Crippen LogP contribution in [0, 0.1) is 5.41 Å². The molecule has 2 aliphatic carbocycles. The molecule has 4 heteroatoms. The van der Waals surface area contributed by atoms with E-state index in [4.69, 9.17) is 9.47 Å². The predicted octanol–water partition coefficient (Wildman–Crippen LogP) is 1.71. The minimum atomic E-state index is -0.406. The number of hydrogen-bond donors (Lipinski definition) is 2. The van der Waals surface area contributed by atoms with Gasteiger partial charge in [0.2, 0.25) is 0 Å². The molecule has 0 aromatic rings. The van der Waals surface area contributed by atoms with Gasteiger partial charge in [-0.1, -0.05) is 19.3 Å². The molecule has 0 saturated heterocycles. The second kappa shape index (κ2) is 7.02. The Morgan fingerprint density at radius 1 is 1.32 bits per heavy atom. The Hall–Kier alpha value is -0.160. The van der Waals surface area contributed by atoms with Crippen molar-refractivity contribution in [2.24, 2.45) is 5.41 Å². The number of rotatable bonds is 7. The van der Waals surface area contributed by atoms with Crippen LogP contribution in [0.15, 0.2) is 0 Å². The van der Waals surface area contributed by atoms with Gasteiger partial charge < -0.3 is 19.9 Å². The molecule has 2 saturated carbocycles. The molecule has 2 N–H and O–H groups in total. The van der Waals surface area contributed by atoms with Crippen LogP contribution < -0.4 is 5.32 Å². The van der Waals surface area contributed by atoms with E-state index in [1.54, 1.807) is 7.11 Å². The first-order valence-electron chi connectivity index (χ1n) is 7.75. The van der Waals surface area contributed by atoms with E-state index in [1.165, 1.54) is 32.1 Å². The van der Waals surface area contributed by atoms with Crippen molar-refractivity contribution in [3.05, 3.63) is 0 Å². The summed E-state index contributed by atoms with van der Waals surface area (Å²) in [5, 5.41) is 13.3. The summed E-state index contributed by atoms with van der Waals surface area (Å²) in [5.41, 5.74) is 0.334. The zero-order chi connectivity index (χ0) is 13.7. The lowest BCUT2D eigenvalue weighted by molar-refractivity contribution is -0.151. The summed E-state index contributed by atoms with van der Waals surface area (Å²) in [5.74, 6) is 0. The van der Waals surface area contributed by atoms with Gasteiger partial charge in [0.1, 0.15) is 0 Å². The molecule has 0 aliphatic heterocycles. The second-order valence-corrected chi connectivity index (χ2v) is 6.04. The summed E-state index contributed by atoms with van der Waals surface area (Å²) in [4.78, 5) is 0. The molecule has 3 atom stereocenters. The number of aliphatic hydroxyl groups excluding tert-OH is 1. The molecule has 2 aliphatic rings. The Labute approximate surface area is 116 Å². The second-order valence-electron chi connectivity index (χ2n) is 6.04. The molecule has 0 radical (unpaired) electrons. The molecule has 2 fully saturated rings. The van der Waals surface area contributed by atoms with Crippen molar-refractivity contribution < 1.29 is 14.6 Å². The third-order valence-electron chi connectivity index (χ3n) is 4.90. The van der Waals surface area contributed by atoms with Gasteiger partial charge >= 0.3 is 0 Å². The summed E-state index contributed by atoms with van der Waals surface area (Å²) in [7, 11) is 1.63. The van der Waals surface area contributed by atoms with Crippen LogP contribution >= 0.6 is 0 Å². The zero-order valence-electron chi connectivity index (χ0n) is 12.4. The van der Waals surface area contributed by atoms with Crippen molar-refractivity contribution in [3.8, 4) is 0 Å². The quantitative estimate of drug-likeness (QED) is 0.740. The minimum Gasteiger partial charge on any atom is -0.389 e. The van der Waals surface area contributed by atoms with Crippen molar-refractivity contribution >= 4 is 0 Å². The van der Waals surface area contributed by atoms with Crippen LogP contribution in [-0.4, -0.2) is 50.2 Å². The highest BCUT2D eigenvalue weighted by Crippen LogP contribution is 2.53. The minimum absolute atomic E-state index is 0.334. The molecular weight excluding hydrogens is 242 g/mol. The molecule has 0 unspecified atom stereocenters. The largest absolute Gasteiger partial charge is 0.389 e. The van der Waals surface area contributed by atoms with E-state index in [-0.39, 0.29) is 0 Å². The SMILES string of the molecule is CCO[C@H]1C[C@@H](NC[C@H](O)COC)C12CCCCC2. The van der Waals surface area contributed by atoms with E-state index in [9.17, 15) is 5.11 Å². The summed E-state index contributed by atoms with van der Waals surface area (Å²) < 4.78 is 10.9. The Kier molecular flexibility index (Phi) is 5.63. The van der Waals surface area contributed by atoms with E-state index in [0.29, 0.717) is 30.7 Å². The van der Waals surface area contributed by atoms with Crippen molar-refractivity contribution in [2.45, 2.75) is 63.7 Å². The number of hydrogen-bond acceptors (Lipinski definition) is 4. The monoisotopic (exact) mass is 271 g/mol. The summed E-state index contributed by atoms with van der Waals surface area (Å²) in [6, 6.07) is 0.510. The van der Waals surface area contributed by atoms with Crippen molar-refractivity contribution in [1.29, 1.82) is 0 Å². The smallest absolute Gasteiger partial charge is 0.0897 e. The molecule has 2 rings (SSSR count). The molecule has 0 aromatic carbocycles. The molecule has 0 aromatic heterocycles. The Balaban J connectivity index is 1.86. The van der Waals surface area contributed by atoms with Gasteiger partial charge in [-0.2, -0.15) is 0 Å². The lowest BCUT2D eigenvalue weighted by Crippen LogP contribution is -2.65. The van der Waals surface area contributed by atoms with Crippen molar-refractivity contribution in [2.75, 3.05) is 26.9 Å². The van der Waals surface area contributed by atoms with E-state index in [2.05, 4.69) is 12.2 Å². The first-order valence-corrected chi connectivity index (χ1v) is 7.75.